The van der Waals surface area contributed by atoms with Crippen molar-refractivity contribution in [1.82, 2.24) is 5.32 Å². The average molecular weight is 241 g/mol. The standard InChI is InChI=1S/C14H27NO2/c16-14(17)11-7-5-3-1-2-4-6-9-13-10-8-12-15-13/h13,15H,1-12H2,(H,16,17). The maximum Gasteiger partial charge on any atom is 0.303 e. The van der Waals surface area contributed by atoms with Crippen LogP contribution in [0.4, 0.5) is 0 Å². The number of unbranched alkanes of at least 4 members (excludes halogenated alkanes) is 6. The molecular weight excluding hydrogens is 214 g/mol. The van der Waals surface area contributed by atoms with E-state index >= 15 is 0 Å². The maximum atomic E-state index is 10.3. The fourth-order valence-electron chi connectivity index (χ4n) is 2.55. The van der Waals surface area contributed by atoms with Crippen molar-refractivity contribution in [2.45, 2.75) is 76.7 Å². The molecule has 100 valence electrons. The van der Waals surface area contributed by atoms with Gasteiger partial charge in [0, 0.05) is 12.5 Å². The lowest BCUT2D eigenvalue weighted by Gasteiger charge is -2.09. The minimum absolute atomic E-state index is 0.341. The quantitative estimate of drug-likeness (QED) is 0.577. The Morgan fingerprint density at radius 2 is 1.71 bits per heavy atom. The summed E-state index contributed by atoms with van der Waals surface area (Å²) in [4.78, 5) is 10.3. The fourth-order valence-corrected chi connectivity index (χ4v) is 2.55. The number of nitrogens with one attached hydrogen (secondary N) is 1. The van der Waals surface area contributed by atoms with Gasteiger partial charge in [-0.15, -0.1) is 0 Å². The monoisotopic (exact) mass is 241 g/mol. The van der Waals surface area contributed by atoms with E-state index in [-0.39, 0.29) is 0 Å². The molecule has 1 aliphatic rings. The van der Waals surface area contributed by atoms with Crippen LogP contribution in [0.25, 0.3) is 0 Å². The van der Waals surface area contributed by atoms with Crippen LogP contribution in [0.15, 0.2) is 0 Å². The van der Waals surface area contributed by atoms with Crippen molar-refractivity contribution in [2.75, 3.05) is 6.54 Å². The highest BCUT2D eigenvalue weighted by molar-refractivity contribution is 5.66. The van der Waals surface area contributed by atoms with Crippen molar-refractivity contribution in [1.29, 1.82) is 0 Å². The van der Waals surface area contributed by atoms with Gasteiger partial charge in [-0.3, -0.25) is 4.79 Å². The van der Waals surface area contributed by atoms with Crippen molar-refractivity contribution in [3.63, 3.8) is 0 Å². The summed E-state index contributed by atoms with van der Waals surface area (Å²) in [5, 5.41) is 12.0. The highest BCUT2D eigenvalue weighted by Gasteiger charge is 2.12. The molecule has 0 amide bonds. The molecule has 1 rings (SSSR count). The van der Waals surface area contributed by atoms with Crippen LogP contribution in [0.1, 0.15) is 70.6 Å². The molecule has 17 heavy (non-hydrogen) atoms. The zero-order valence-electron chi connectivity index (χ0n) is 10.9. The van der Waals surface area contributed by atoms with Crippen LogP contribution in [-0.2, 0) is 4.79 Å². The summed E-state index contributed by atoms with van der Waals surface area (Å²) < 4.78 is 0. The predicted octanol–water partition coefficient (Wildman–Crippen LogP) is 3.33. The SMILES string of the molecule is O=C(O)CCCCCCCCCC1CCCN1. The summed E-state index contributed by atoms with van der Waals surface area (Å²) in [5.41, 5.74) is 0. The average Bonchev–Trinajstić information content (AvgIpc) is 2.79. The molecule has 1 atom stereocenters. The molecule has 0 saturated carbocycles. The molecule has 0 aromatic rings. The van der Waals surface area contributed by atoms with Crippen LogP contribution < -0.4 is 5.32 Å². The summed E-state index contributed by atoms with van der Waals surface area (Å²) in [7, 11) is 0. The molecule has 0 aromatic carbocycles. The Morgan fingerprint density at radius 3 is 2.29 bits per heavy atom. The summed E-state index contributed by atoms with van der Waals surface area (Å²) in [6.07, 6.45) is 12.8. The normalized spacial score (nSPS) is 19.6. The summed E-state index contributed by atoms with van der Waals surface area (Å²) >= 11 is 0. The van der Waals surface area contributed by atoms with E-state index in [1.807, 2.05) is 0 Å². The van der Waals surface area contributed by atoms with E-state index in [9.17, 15) is 4.79 Å². The van der Waals surface area contributed by atoms with Crippen LogP contribution in [-0.4, -0.2) is 23.7 Å². The third-order valence-corrected chi connectivity index (χ3v) is 3.61. The zero-order valence-corrected chi connectivity index (χ0v) is 10.9. The van der Waals surface area contributed by atoms with Crippen LogP contribution in [0, 0.1) is 0 Å². The van der Waals surface area contributed by atoms with E-state index in [4.69, 9.17) is 5.11 Å². The van der Waals surface area contributed by atoms with E-state index < -0.39 is 5.97 Å². The van der Waals surface area contributed by atoms with E-state index in [0.717, 1.165) is 18.9 Å². The topological polar surface area (TPSA) is 49.3 Å². The Labute approximate surface area is 105 Å². The Balaban J connectivity index is 1.73. The Morgan fingerprint density at radius 1 is 1.06 bits per heavy atom. The van der Waals surface area contributed by atoms with E-state index in [1.165, 1.54) is 57.9 Å². The molecule has 0 bridgehead atoms. The first-order valence-corrected chi connectivity index (χ1v) is 7.24. The van der Waals surface area contributed by atoms with Gasteiger partial charge >= 0.3 is 5.97 Å². The molecule has 1 unspecified atom stereocenters. The second-order valence-corrected chi connectivity index (χ2v) is 5.20. The first-order chi connectivity index (χ1) is 8.29. The Bertz CT molecular complexity index is 200. The van der Waals surface area contributed by atoms with Gasteiger partial charge in [0.15, 0.2) is 0 Å². The molecule has 1 saturated heterocycles. The molecule has 0 aliphatic carbocycles. The van der Waals surface area contributed by atoms with E-state index in [0.29, 0.717) is 6.42 Å². The smallest absolute Gasteiger partial charge is 0.303 e. The van der Waals surface area contributed by atoms with E-state index in [2.05, 4.69) is 5.32 Å². The zero-order chi connectivity index (χ0) is 12.3. The number of carboxylic acids is 1. The van der Waals surface area contributed by atoms with Crippen molar-refractivity contribution in [3.05, 3.63) is 0 Å². The van der Waals surface area contributed by atoms with Gasteiger partial charge in [0.2, 0.25) is 0 Å². The minimum Gasteiger partial charge on any atom is -0.481 e. The molecule has 1 heterocycles. The van der Waals surface area contributed by atoms with Gasteiger partial charge in [-0.2, -0.15) is 0 Å². The van der Waals surface area contributed by atoms with Gasteiger partial charge in [-0.1, -0.05) is 38.5 Å². The first kappa shape index (κ1) is 14.5. The third kappa shape index (κ3) is 8.19. The fraction of sp³-hybridized carbons (Fsp3) is 0.929. The number of hydrogen-bond donors (Lipinski definition) is 2. The van der Waals surface area contributed by atoms with Crippen LogP contribution in [0.5, 0.6) is 0 Å². The van der Waals surface area contributed by atoms with Crippen LogP contribution >= 0.6 is 0 Å². The Hall–Kier alpha value is -0.570. The molecule has 0 radical (unpaired) electrons. The molecule has 3 nitrogen and oxygen atoms in total. The van der Waals surface area contributed by atoms with Gasteiger partial charge in [-0.25, -0.2) is 0 Å². The number of carbonyl (C=O) groups is 1. The molecule has 3 heteroatoms. The summed E-state index contributed by atoms with van der Waals surface area (Å²) in [6.45, 7) is 1.22. The second-order valence-electron chi connectivity index (χ2n) is 5.20. The number of carboxylic acid groups (broad SMARTS) is 1. The third-order valence-electron chi connectivity index (χ3n) is 3.61. The molecule has 1 aliphatic heterocycles. The Kier molecular flexibility index (Phi) is 8.06. The van der Waals surface area contributed by atoms with Crippen molar-refractivity contribution >= 4 is 5.97 Å². The molecule has 0 spiro atoms. The highest BCUT2D eigenvalue weighted by Crippen LogP contribution is 2.14. The molecule has 0 aromatic heterocycles. The lowest BCUT2D eigenvalue weighted by Crippen LogP contribution is -2.20. The van der Waals surface area contributed by atoms with Gasteiger partial charge < -0.3 is 10.4 Å². The summed E-state index contributed by atoms with van der Waals surface area (Å²) in [6, 6.07) is 0.797. The van der Waals surface area contributed by atoms with Crippen LogP contribution in [0.2, 0.25) is 0 Å². The molecule has 1 fully saturated rings. The lowest BCUT2D eigenvalue weighted by molar-refractivity contribution is -0.137. The van der Waals surface area contributed by atoms with E-state index in [1.54, 1.807) is 0 Å². The first-order valence-electron chi connectivity index (χ1n) is 7.24. The largest absolute Gasteiger partial charge is 0.481 e. The number of aliphatic carboxylic acids is 1. The summed E-state index contributed by atoms with van der Waals surface area (Å²) in [5.74, 6) is -0.658. The van der Waals surface area contributed by atoms with Crippen molar-refractivity contribution in [3.8, 4) is 0 Å². The lowest BCUT2D eigenvalue weighted by atomic mass is 10.0. The van der Waals surface area contributed by atoms with Crippen molar-refractivity contribution in [2.24, 2.45) is 0 Å². The minimum atomic E-state index is -0.658. The van der Waals surface area contributed by atoms with Gasteiger partial charge in [0.25, 0.3) is 0 Å². The van der Waals surface area contributed by atoms with Crippen LogP contribution in [0.3, 0.4) is 0 Å². The van der Waals surface area contributed by atoms with Crippen molar-refractivity contribution < 1.29 is 9.90 Å². The second kappa shape index (κ2) is 9.46. The number of hydrogen-bond acceptors (Lipinski definition) is 2. The maximum absolute atomic E-state index is 10.3. The predicted molar refractivity (Wildman–Crippen MR) is 70.2 cm³/mol. The van der Waals surface area contributed by atoms with Gasteiger partial charge in [0.05, 0.1) is 0 Å². The number of rotatable bonds is 10. The molecule has 2 N–H and O–H groups in total. The highest BCUT2D eigenvalue weighted by atomic mass is 16.4. The van der Waals surface area contributed by atoms with Gasteiger partial charge in [-0.05, 0) is 32.2 Å². The van der Waals surface area contributed by atoms with Gasteiger partial charge in [0.1, 0.15) is 0 Å². The molecular formula is C14H27NO2.